The number of benzene rings is 1. The molecule has 1 heterocycles. The van der Waals surface area contributed by atoms with Gasteiger partial charge < -0.3 is 19.8 Å². The number of phenols is 1. The average Bonchev–Trinajstić information content (AvgIpc) is 2.82. The van der Waals surface area contributed by atoms with Crippen LogP contribution in [-0.2, 0) is 14.3 Å². The van der Waals surface area contributed by atoms with Crippen LogP contribution < -0.4 is 0 Å². The van der Waals surface area contributed by atoms with Gasteiger partial charge in [-0.05, 0) is 38.0 Å². The first-order valence-corrected chi connectivity index (χ1v) is 9.23. The smallest absolute Gasteiger partial charge is 0.290 e. The Kier molecular flexibility index (Phi) is 6.31. The fraction of sp³-hybridized carbons (Fsp3) is 0.524. The third-order valence-electron chi connectivity index (χ3n) is 4.43. The molecule has 0 fully saturated rings. The van der Waals surface area contributed by atoms with Crippen molar-refractivity contribution in [2.75, 3.05) is 13.2 Å². The molecule has 1 aliphatic heterocycles. The Balaban J connectivity index is 2.37. The van der Waals surface area contributed by atoms with E-state index >= 15 is 0 Å². The molecule has 0 aliphatic carbocycles. The molecular formula is C21H29NO5. The first-order valence-electron chi connectivity index (χ1n) is 9.23. The zero-order chi connectivity index (χ0) is 20.4. The van der Waals surface area contributed by atoms with Gasteiger partial charge in [0, 0.05) is 18.6 Å². The number of aromatic hydroxyl groups is 1. The van der Waals surface area contributed by atoms with E-state index in [-0.39, 0.29) is 23.2 Å². The molecule has 27 heavy (non-hydrogen) atoms. The maximum atomic E-state index is 13.0. The van der Waals surface area contributed by atoms with Crippen molar-refractivity contribution in [2.24, 2.45) is 5.41 Å². The van der Waals surface area contributed by atoms with Crippen molar-refractivity contribution in [1.82, 2.24) is 4.90 Å². The minimum atomic E-state index is -0.741. The normalized spacial score (nSPS) is 17.9. The Bertz CT molecular complexity index is 728. The van der Waals surface area contributed by atoms with Crippen LogP contribution in [0.3, 0.4) is 0 Å². The van der Waals surface area contributed by atoms with Crippen molar-refractivity contribution in [2.45, 2.75) is 53.2 Å². The van der Waals surface area contributed by atoms with Gasteiger partial charge in [0.25, 0.3) is 5.91 Å². The lowest BCUT2D eigenvalue weighted by Gasteiger charge is -2.29. The van der Waals surface area contributed by atoms with Crippen LogP contribution in [-0.4, -0.2) is 46.1 Å². The highest BCUT2D eigenvalue weighted by atomic mass is 16.5. The maximum absolute atomic E-state index is 13.0. The molecule has 1 unspecified atom stereocenters. The molecule has 1 aromatic carbocycles. The molecule has 2 N–H and O–H groups in total. The number of hydrogen-bond donors (Lipinski definition) is 2. The van der Waals surface area contributed by atoms with Crippen LogP contribution in [0.2, 0.25) is 0 Å². The Hall–Kier alpha value is -2.34. The minimum absolute atomic E-state index is 0.0942. The van der Waals surface area contributed by atoms with Gasteiger partial charge in [-0.25, -0.2) is 0 Å². The van der Waals surface area contributed by atoms with Gasteiger partial charge in [-0.3, -0.25) is 9.59 Å². The lowest BCUT2D eigenvalue weighted by Crippen LogP contribution is -2.34. The zero-order valence-corrected chi connectivity index (χ0v) is 16.7. The van der Waals surface area contributed by atoms with Crippen molar-refractivity contribution < 1.29 is 24.5 Å². The monoisotopic (exact) mass is 375 g/mol. The van der Waals surface area contributed by atoms with E-state index in [1.165, 1.54) is 17.0 Å². The molecule has 0 spiro atoms. The number of hydrogen-bond acceptors (Lipinski definition) is 5. The third-order valence-corrected chi connectivity index (χ3v) is 4.43. The fourth-order valence-electron chi connectivity index (χ4n) is 3.08. The summed E-state index contributed by atoms with van der Waals surface area (Å²) in [5, 5.41) is 20.1. The van der Waals surface area contributed by atoms with Crippen LogP contribution in [0.15, 0.2) is 35.6 Å². The number of ether oxygens (including phenoxy) is 1. The second-order valence-electron chi connectivity index (χ2n) is 8.11. The van der Waals surface area contributed by atoms with Gasteiger partial charge in [-0.1, -0.05) is 32.9 Å². The molecule has 0 aromatic heterocycles. The van der Waals surface area contributed by atoms with Gasteiger partial charge >= 0.3 is 0 Å². The number of nitrogens with zero attached hydrogens (tertiary/aromatic N) is 1. The lowest BCUT2D eigenvalue weighted by molar-refractivity contribution is -0.129. The van der Waals surface area contributed by atoms with Crippen LogP contribution in [0.25, 0.3) is 0 Å². The minimum Gasteiger partial charge on any atom is -0.508 e. The quantitative estimate of drug-likeness (QED) is 0.712. The second-order valence-corrected chi connectivity index (χ2v) is 8.11. The van der Waals surface area contributed by atoms with E-state index in [0.29, 0.717) is 25.1 Å². The van der Waals surface area contributed by atoms with E-state index in [1.807, 2.05) is 13.8 Å². The molecule has 0 saturated heterocycles. The maximum Gasteiger partial charge on any atom is 0.290 e. The largest absolute Gasteiger partial charge is 0.508 e. The zero-order valence-electron chi connectivity index (χ0n) is 16.7. The number of Topliss-reactive ketones (excluding diaryl/α,β-unsaturated/α-hetero) is 1. The van der Waals surface area contributed by atoms with Gasteiger partial charge in [0.15, 0.2) is 11.5 Å². The van der Waals surface area contributed by atoms with E-state index in [1.54, 1.807) is 32.9 Å². The number of carbonyl (C=O) groups excluding carboxylic acids is 2. The lowest BCUT2D eigenvalue weighted by atomic mass is 9.82. The predicted octanol–water partition coefficient (Wildman–Crippen LogP) is 3.52. The molecule has 1 amide bonds. The van der Waals surface area contributed by atoms with Crippen LogP contribution in [0, 0.1) is 5.41 Å². The summed E-state index contributed by atoms with van der Waals surface area (Å²) in [5.74, 6) is -1.22. The van der Waals surface area contributed by atoms with Crippen molar-refractivity contribution in [3.63, 3.8) is 0 Å². The summed E-state index contributed by atoms with van der Waals surface area (Å²) < 4.78 is 5.53. The van der Waals surface area contributed by atoms with E-state index in [2.05, 4.69) is 0 Å². The van der Waals surface area contributed by atoms with Crippen LogP contribution in [0.4, 0.5) is 0 Å². The first-order chi connectivity index (χ1) is 12.5. The molecule has 0 bridgehead atoms. The van der Waals surface area contributed by atoms with Crippen molar-refractivity contribution >= 4 is 11.7 Å². The van der Waals surface area contributed by atoms with Crippen LogP contribution >= 0.6 is 0 Å². The van der Waals surface area contributed by atoms with Gasteiger partial charge in [-0.2, -0.15) is 0 Å². The molecule has 1 aliphatic rings. The molecule has 1 atom stereocenters. The standard InChI is InChI=1S/C21H29NO5/c1-13(2)27-12-6-11-22-17(14-7-9-15(23)10-8-14)16(18(24)20(22)26)19(25)21(3,4)5/h7-10,13,17,23-24H,6,11-12H2,1-5H3. The number of carbonyl (C=O) groups is 2. The van der Waals surface area contributed by atoms with Crippen molar-refractivity contribution in [3.05, 3.63) is 41.2 Å². The molecule has 0 radical (unpaired) electrons. The molecule has 6 heteroatoms. The Morgan fingerprint density at radius 1 is 1.19 bits per heavy atom. The third kappa shape index (κ3) is 4.69. The molecular weight excluding hydrogens is 346 g/mol. The molecule has 148 valence electrons. The van der Waals surface area contributed by atoms with E-state index in [0.717, 1.165) is 0 Å². The van der Waals surface area contributed by atoms with Gasteiger partial charge in [0.1, 0.15) is 5.75 Å². The molecule has 1 aromatic rings. The Labute approximate surface area is 160 Å². The molecule has 2 rings (SSSR count). The van der Waals surface area contributed by atoms with E-state index < -0.39 is 23.1 Å². The first kappa shape index (κ1) is 21.0. The second kappa shape index (κ2) is 8.13. The number of ketones is 1. The topological polar surface area (TPSA) is 87.1 Å². The molecule has 0 saturated carbocycles. The highest BCUT2D eigenvalue weighted by Gasteiger charge is 2.45. The predicted molar refractivity (Wildman–Crippen MR) is 102 cm³/mol. The van der Waals surface area contributed by atoms with Gasteiger partial charge in [0.2, 0.25) is 0 Å². The van der Waals surface area contributed by atoms with Crippen molar-refractivity contribution in [1.29, 1.82) is 0 Å². The summed E-state index contributed by atoms with van der Waals surface area (Å²) in [7, 11) is 0. The SMILES string of the molecule is CC(C)OCCCN1C(=O)C(O)=C(C(=O)C(C)(C)C)C1c1ccc(O)cc1. The van der Waals surface area contributed by atoms with Gasteiger partial charge in [-0.15, -0.1) is 0 Å². The summed E-state index contributed by atoms with van der Waals surface area (Å²) in [5.41, 5.74) is 0.0424. The molecule has 6 nitrogen and oxygen atoms in total. The Morgan fingerprint density at radius 2 is 1.78 bits per heavy atom. The average molecular weight is 375 g/mol. The van der Waals surface area contributed by atoms with Crippen molar-refractivity contribution in [3.8, 4) is 5.75 Å². The Morgan fingerprint density at radius 3 is 2.30 bits per heavy atom. The number of amides is 1. The van der Waals surface area contributed by atoms with E-state index in [4.69, 9.17) is 4.74 Å². The fourth-order valence-corrected chi connectivity index (χ4v) is 3.08. The highest BCUT2D eigenvalue weighted by molar-refractivity contribution is 6.10. The van der Waals surface area contributed by atoms with E-state index in [9.17, 15) is 19.8 Å². The summed E-state index contributed by atoms with van der Waals surface area (Å²) in [6.07, 6.45) is 0.680. The summed E-state index contributed by atoms with van der Waals surface area (Å²) in [6, 6.07) is 5.67. The van der Waals surface area contributed by atoms with Gasteiger partial charge in [0.05, 0.1) is 17.7 Å². The number of aliphatic hydroxyl groups excluding tert-OH is 1. The number of aliphatic hydroxyl groups is 1. The number of phenolic OH excluding ortho intramolecular Hbond substituents is 1. The summed E-state index contributed by atoms with van der Waals surface area (Å²) in [4.78, 5) is 27.2. The van der Waals surface area contributed by atoms with Crippen LogP contribution in [0.5, 0.6) is 5.75 Å². The summed E-state index contributed by atoms with van der Waals surface area (Å²) in [6.45, 7) is 9.98. The summed E-state index contributed by atoms with van der Waals surface area (Å²) >= 11 is 0. The van der Waals surface area contributed by atoms with Crippen LogP contribution in [0.1, 0.15) is 52.6 Å². The highest BCUT2D eigenvalue weighted by Crippen LogP contribution is 2.41. The number of rotatable bonds is 7.